The van der Waals surface area contributed by atoms with Crippen molar-refractivity contribution in [2.75, 3.05) is 19.6 Å². The van der Waals surface area contributed by atoms with Gasteiger partial charge in [0.1, 0.15) is 0 Å². The van der Waals surface area contributed by atoms with Gasteiger partial charge in [0.2, 0.25) is 5.91 Å². The fourth-order valence-electron chi connectivity index (χ4n) is 3.11. The lowest BCUT2D eigenvalue weighted by Gasteiger charge is -2.27. The molecule has 1 heterocycles. The van der Waals surface area contributed by atoms with Crippen LogP contribution in [-0.4, -0.2) is 36.5 Å². The maximum absolute atomic E-state index is 12.1. The molecule has 0 aromatic rings. The van der Waals surface area contributed by atoms with E-state index in [1.807, 2.05) is 0 Å². The molecule has 2 aliphatic rings. The minimum absolute atomic E-state index is 0.110. The lowest BCUT2D eigenvalue weighted by atomic mass is 9.89. The Morgan fingerprint density at radius 2 is 2.00 bits per heavy atom. The number of likely N-dealkylation sites (tertiary alicyclic amines) is 1. The van der Waals surface area contributed by atoms with E-state index in [4.69, 9.17) is 0 Å². The molecule has 0 radical (unpaired) electrons. The van der Waals surface area contributed by atoms with E-state index < -0.39 is 0 Å². The molecule has 0 aromatic carbocycles. The zero-order valence-corrected chi connectivity index (χ0v) is 11.1. The Hall–Kier alpha value is -0.570. The third-order valence-corrected chi connectivity index (χ3v) is 4.14. The molecule has 98 valence electrons. The molecule has 1 N–H and O–H groups in total. The highest BCUT2D eigenvalue weighted by atomic mass is 16.2. The van der Waals surface area contributed by atoms with E-state index in [1.165, 1.54) is 32.1 Å². The summed E-state index contributed by atoms with van der Waals surface area (Å²) >= 11 is 0. The summed E-state index contributed by atoms with van der Waals surface area (Å²) in [5, 5.41) is 3.36. The smallest absolute Gasteiger partial charge is 0.239 e. The predicted octanol–water partition coefficient (Wildman–Crippen LogP) is 2.17. The van der Waals surface area contributed by atoms with E-state index >= 15 is 0 Å². The van der Waals surface area contributed by atoms with Gasteiger partial charge in [0.05, 0.1) is 6.04 Å². The molecule has 2 fully saturated rings. The van der Waals surface area contributed by atoms with Crippen molar-refractivity contribution >= 4 is 5.91 Å². The first kappa shape index (κ1) is 12.9. The average molecular weight is 238 g/mol. The first-order valence-corrected chi connectivity index (χ1v) is 7.33. The van der Waals surface area contributed by atoms with Crippen LogP contribution in [0.5, 0.6) is 0 Å². The SMILES string of the molecule is CCCNC1CCN(CC2CCCCC2)C1=O. The highest BCUT2D eigenvalue weighted by Gasteiger charge is 2.32. The van der Waals surface area contributed by atoms with Crippen LogP contribution in [0, 0.1) is 5.92 Å². The molecule has 0 bridgehead atoms. The maximum atomic E-state index is 12.1. The second-order valence-corrected chi connectivity index (χ2v) is 5.58. The Morgan fingerprint density at radius 3 is 2.71 bits per heavy atom. The summed E-state index contributed by atoms with van der Waals surface area (Å²) in [6, 6.07) is 0.110. The quantitative estimate of drug-likeness (QED) is 0.796. The molecule has 3 nitrogen and oxygen atoms in total. The number of nitrogens with zero attached hydrogens (tertiary/aromatic N) is 1. The van der Waals surface area contributed by atoms with Crippen LogP contribution in [0.3, 0.4) is 0 Å². The standard InChI is InChI=1S/C14H26N2O/c1-2-9-15-13-8-10-16(14(13)17)11-12-6-4-3-5-7-12/h12-13,15H,2-11H2,1H3. The third-order valence-electron chi connectivity index (χ3n) is 4.14. The van der Waals surface area contributed by atoms with Crippen LogP contribution < -0.4 is 5.32 Å². The molecule has 3 heteroatoms. The van der Waals surface area contributed by atoms with Gasteiger partial charge in [-0.2, -0.15) is 0 Å². The summed E-state index contributed by atoms with van der Waals surface area (Å²) in [6.45, 7) is 5.10. The third kappa shape index (κ3) is 3.44. The molecule has 1 aliphatic carbocycles. The number of nitrogens with one attached hydrogen (secondary N) is 1. The van der Waals surface area contributed by atoms with Crippen molar-refractivity contribution in [3.05, 3.63) is 0 Å². The van der Waals surface area contributed by atoms with E-state index in [9.17, 15) is 4.79 Å². The first-order chi connectivity index (χ1) is 8.31. The van der Waals surface area contributed by atoms with Crippen molar-refractivity contribution in [1.82, 2.24) is 10.2 Å². The minimum atomic E-state index is 0.110. The molecular formula is C14H26N2O. The van der Waals surface area contributed by atoms with Gasteiger partial charge in [0.25, 0.3) is 0 Å². The van der Waals surface area contributed by atoms with Gasteiger partial charge in [-0.05, 0) is 38.1 Å². The summed E-state index contributed by atoms with van der Waals surface area (Å²) in [7, 11) is 0. The van der Waals surface area contributed by atoms with Gasteiger partial charge in [-0.25, -0.2) is 0 Å². The highest BCUT2D eigenvalue weighted by Crippen LogP contribution is 2.25. The number of hydrogen-bond donors (Lipinski definition) is 1. The van der Waals surface area contributed by atoms with Crippen LogP contribution in [0.4, 0.5) is 0 Å². The Bertz CT molecular complexity index is 249. The van der Waals surface area contributed by atoms with Crippen LogP contribution in [0.2, 0.25) is 0 Å². The predicted molar refractivity (Wildman–Crippen MR) is 69.9 cm³/mol. The van der Waals surface area contributed by atoms with E-state index in [0.717, 1.165) is 38.4 Å². The average Bonchev–Trinajstić information content (AvgIpc) is 2.70. The Morgan fingerprint density at radius 1 is 1.24 bits per heavy atom. The van der Waals surface area contributed by atoms with Gasteiger partial charge >= 0.3 is 0 Å². The number of rotatable bonds is 5. The lowest BCUT2D eigenvalue weighted by Crippen LogP contribution is -2.40. The van der Waals surface area contributed by atoms with Gasteiger partial charge in [-0.3, -0.25) is 4.79 Å². The summed E-state index contributed by atoms with van der Waals surface area (Å²) in [5.74, 6) is 1.13. The van der Waals surface area contributed by atoms with Crippen molar-refractivity contribution < 1.29 is 4.79 Å². The molecule has 17 heavy (non-hydrogen) atoms. The summed E-state index contributed by atoms with van der Waals surface area (Å²) in [5.41, 5.74) is 0. The molecule has 1 aliphatic heterocycles. The van der Waals surface area contributed by atoms with Gasteiger partial charge in [0, 0.05) is 13.1 Å². The summed E-state index contributed by atoms with van der Waals surface area (Å²) in [6.07, 6.45) is 8.89. The Kier molecular flexibility index (Phi) is 4.84. The van der Waals surface area contributed by atoms with Crippen LogP contribution in [-0.2, 0) is 4.79 Å². The largest absolute Gasteiger partial charge is 0.341 e. The minimum Gasteiger partial charge on any atom is -0.341 e. The van der Waals surface area contributed by atoms with Crippen LogP contribution >= 0.6 is 0 Å². The summed E-state index contributed by atoms with van der Waals surface area (Å²) in [4.78, 5) is 14.2. The molecule has 1 saturated heterocycles. The number of carbonyl (C=O) groups is 1. The first-order valence-electron chi connectivity index (χ1n) is 7.33. The monoisotopic (exact) mass is 238 g/mol. The van der Waals surface area contributed by atoms with Crippen LogP contribution in [0.25, 0.3) is 0 Å². The zero-order valence-electron chi connectivity index (χ0n) is 11.1. The van der Waals surface area contributed by atoms with Gasteiger partial charge in [-0.1, -0.05) is 26.2 Å². The fourth-order valence-corrected chi connectivity index (χ4v) is 3.11. The maximum Gasteiger partial charge on any atom is 0.239 e. The van der Waals surface area contributed by atoms with E-state index in [-0.39, 0.29) is 6.04 Å². The number of hydrogen-bond acceptors (Lipinski definition) is 2. The van der Waals surface area contributed by atoms with Gasteiger partial charge in [-0.15, -0.1) is 0 Å². The molecule has 1 amide bonds. The van der Waals surface area contributed by atoms with E-state index in [0.29, 0.717) is 5.91 Å². The van der Waals surface area contributed by atoms with Crippen LogP contribution in [0.15, 0.2) is 0 Å². The summed E-state index contributed by atoms with van der Waals surface area (Å²) < 4.78 is 0. The van der Waals surface area contributed by atoms with Crippen molar-refractivity contribution in [2.45, 2.75) is 57.9 Å². The Labute approximate surface area is 105 Å². The lowest BCUT2D eigenvalue weighted by molar-refractivity contribution is -0.130. The second-order valence-electron chi connectivity index (χ2n) is 5.58. The number of amides is 1. The topological polar surface area (TPSA) is 32.3 Å². The molecule has 0 spiro atoms. The molecular weight excluding hydrogens is 212 g/mol. The van der Waals surface area contributed by atoms with E-state index in [2.05, 4.69) is 17.1 Å². The Balaban J connectivity index is 1.76. The molecule has 2 rings (SSSR count). The molecule has 1 saturated carbocycles. The van der Waals surface area contributed by atoms with Crippen LogP contribution in [0.1, 0.15) is 51.9 Å². The van der Waals surface area contributed by atoms with Gasteiger partial charge in [0.15, 0.2) is 0 Å². The van der Waals surface area contributed by atoms with Gasteiger partial charge < -0.3 is 10.2 Å². The van der Waals surface area contributed by atoms with Crippen molar-refractivity contribution in [3.8, 4) is 0 Å². The van der Waals surface area contributed by atoms with Crippen molar-refractivity contribution in [1.29, 1.82) is 0 Å². The van der Waals surface area contributed by atoms with E-state index in [1.54, 1.807) is 0 Å². The normalized spacial score (nSPS) is 26.8. The molecule has 0 aromatic heterocycles. The number of carbonyl (C=O) groups excluding carboxylic acids is 1. The molecule has 1 unspecified atom stereocenters. The fraction of sp³-hybridized carbons (Fsp3) is 0.929. The molecule has 1 atom stereocenters. The highest BCUT2D eigenvalue weighted by molar-refractivity contribution is 5.83. The zero-order chi connectivity index (χ0) is 12.1. The van der Waals surface area contributed by atoms with Crippen molar-refractivity contribution in [3.63, 3.8) is 0 Å². The second kappa shape index (κ2) is 6.39. The van der Waals surface area contributed by atoms with Crippen molar-refractivity contribution in [2.24, 2.45) is 5.92 Å².